The lowest BCUT2D eigenvalue weighted by atomic mass is 10.1. The van der Waals surface area contributed by atoms with E-state index in [0.717, 1.165) is 28.7 Å². The van der Waals surface area contributed by atoms with Crippen molar-refractivity contribution in [1.82, 2.24) is 10.2 Å². The van der Waals surface area contributed by atoms with Gasteiger partial charge in [0, 0.05) is 5.02 Å². The van der Waals surface area contributed by atoms with Gasteiger partial charge in [-0.05, 0) is 104 Å². The van der Waals surface area contributed by atoms with Crippen LogP contribution in [0.4, 0.5) is 9.18 Å². The molecule has 0 unspecified atom stereocenters. The predicted molar refractivity (Wildman–Crippen MR) is 141 cm³/mol. The van der Waals surface area contributed by atoms with Crippen molar-refractivity contribution in [3.05, 3.63) is 101 Å². The molecule has 0 aromatic heterocycles. The van der Waals surface area contributed by atoms with Crippen LogP contribution in [0.2, 0.25) is 5.02 Å². The Morgan fingerprint density at radius 2 is 1.70 bits per heavy atom. The molecule has 1 N–H and O–H groups in total. The molecule has 1 aliphatic heterocycles. The van der Waals surface area contributed by atoms with Gasteiger partial charge in [-0.25, -0.2) is 9.18 Å². The lowest BCUT2D eigenvalue weighted by Gasteiger charge is -2.12. The first-order chi connectivity index (χ1) is 15.8. The van der Waals surface area contributed by atoms with Crippen LogP contribution in [0.25, 0.3) is 6.08 Å². The minimum atomic E-state index is -0.472. The zero-order valence-corrected chi connectivity index (χ0v) is 22.0. The molecule has 33 heavy (non-hydrogen) atoms. The standard InChI is InChI=1S/C24H16ClFI2N2O3/c25-17-6-4-14(5-7-17)12-30-23(31)21(29-24(30)32)11-16-9-19(27)22(20(28)10-16)33-13-15-2-1-3-18(26)8-15/h1-11H,12-13H2,(H,29,32)/b21-11-. The van der Waals surface area contributed by atoms with Crippen LogP contribution in [-0.4, -0.2) is 16.8 Å². The molecular weight excluding hydrogens is 673 g/mol. The number of halogens is 4. The van der Waals surface area contributed by atoms with Crippen LogP contribution < -0.4 is 10.1 Å². The lowest BCUT2D eigenvalue weighted by molar-refractivity contribution is -0.123. The summed E-state index contributed by atoms with van der Waals surface area (Å²) in [5.74, 6) is -0.0315. The topological polar surface area (TPSA) is 58.6 Å². The first-order valence-corrected chi connectivity index (χ1v) is 12.3. The van der Waals surface area contributed by atoms with Gasteiger partial charge in [0.15, 0.2) is 0 Å². The van der Waals surface area contributed by atoms with E-state index in [1.165, 1.54) is 12.1 Å². The third-order valence-electron chi connectivity index (χ3n) is 4.82. The highest BCUT2D eigenvalue weighted by atomic mass is 127. The molecule has 168 valence electrons. The fourth-order valence-electron chi connectivity index (χ4n) is 3.24. The minimum Gasteiger partial charge on any atom is -0.487 e. The van der Waals surface area contributed by atoms with Crippen LogP contribution in [0, 0.1) is 13.0 Å². The van der Waals surface area contributed by atoms with Gasteiger partial charge in [-0.3, -0.25) is 9.69 Å². The zero-order chi connectivity index (χ0) is 23.5. The van der Waals surface area contributed by atoms with E-state index < -0.39 is 11.9 Å². The summed E-state index contributed by atoms with van der Waals surface area (Å²) in [7, 11) is 0. The molecule has 1 fully saturated rings. The minimum absolute atomic E-state index is 0.154. The molecule has 9 heteroatoms. The number of carbonyl (C=O) groups is 2. The number of ether oxygens (including phenoxy) is 1. The van der Waals surface area contributed by atoms with E-state index in [0.29, 0.717) is 10.8 Å². The Labute approximate surface area is 222 Å². The SMILES string of the molecule is O=C1N/C(=C\c2cc(I)c(OCc3cccc(F)c3)c(I)c2)C(=O)N1Cc1ccc(Cl)cc1. The molecule has 1 aliphatic rings. The number of hydrogen-bond acceptors (Lipinski definition) is 3. The summed E-state index contributed by atoms with van der Waals surface area (Å²) in [4.78, 5) is 26.3. The van der Waals surface area contributed by atoms with Crippen molar-refractivity contribution in [1.29, 1.82) is 0 Å². The number of urea groups is 1. The van der Waals surface area contributed by atoms with E-state index in [1.54, 1.807) is 42.5 Å². The van der Waals surface area contributed by atoms with Crippen molar-refractivity contribution in [3.63, 3.8) is 0 Å². The third-order valence-corrected chi connectivity index (χ3v) is 6.67. The number of rotatable bonds is 6. The number of imide groups is 1. The maximum atomic E-state index is 13.4. The highest BCUT2D eigenvalue weighted by molar-refractivity contribution is 14.1. The van der Waals surface area contributed by atoms with E-state index in [-0.39, 0.29) is 24.7 Å². The van der Waals surface area contributed by atoms with Gasteiger partial charge in [-0.2, -0.15) is 0 Å². The van der Waals surface area contributed by atoms with Crippen molar-refractivity contribution in [2.75, 3.05) is 0 Å². The number of amides is 3. The number of hydrogen-bond donors (Lipinski definition) is 1. The quantitative estimate of drug-likeness (QED) is 0.187. The second-order valence-corrected chi connectivity index (χ2v) is 10.00. The lowest BCUT2D eigenvalue weighted by Crippen LogP contribution is -2.30. The molecule has 1 heterocycles. The highest BCUT2D eigenvalue weighted by Crippen LogP contribution is 2.31. The van der Waals surface area contributed by atoms with Gasteiger partial charge < -0.3 is 10.1 Å². The summed E-state index contributed by atoms with van der Waals surface area (Å²) in [6, 6.07) is 16.5. The van der Waals surface area contributed by atoms with Gasteiger partial charge in [0.1, 0.15) is 23.9 Å². The van der Waals surface area contributed by atoms with Crippen LogP contribution >= 0.6 is 56.8 Å². The Morgan fingerprint density at radius 3 is 2.36 bits per heavy atom. The first-order valence-electron chi connectivity index (χ1n) is 9.75. The number of benzene rings is 3. The van der Waals surface area contributed by atoms with Gasteiger partial charge in [0.2, 0.25) is 0 Å². The average Bonchev–Trinajstić information content (AvgIpc) is 3.02. The molecule has 0 radical (unpaired) electrons. The molecule has 5 nitrogen and oxygen atoms in total. The monoisotopic (exact) mass is 688 g/mol. The number of nitrogens with one attached hydrogen (secondary N) is 1. The van der Waals surface area contributed by atoms with E-state index >= 15 is 0 Å². The summed E-state index contributed by atoms with van der Waals surface area (Å²) >= 11 is 10.2. The molecule has 0 bridgehead atoms. The first kappa shape index (κ1) is 24.0. The molecule has 3 amide bonds. The van der Waals surface area contributed by atoms with Crippen LogP contribution in [0.1, 0.15) is 16.7 Å². The van der Waals surface area contributed by atoms with E-state index in [2.05, 4.69) is 50.5 Å². The molecule has 0 spiro atoms. The summed E-state index contributed by atoms with van der Waals surface area (Å²) < 4.78 is 21.0. The molecule has 3 aromatic carbocycles. The van der Waals surface area contributed by atoms with Gasteiger partial charge >= 0.3 is 6.03 Å². The summed E-state index contributed by atoms with van der Waals surface area (Å²) in [5.41, 5.74) is 2.48. The number of carbonyl (C=O) groups excluding carboxylic acids is 2. The van der Waals surface area contributed by atoms with Crippen molar-refractivity contribution < 1.29 is 18.7 Å². The Balaban J connectivity index is 1.49. The Hall–Kier alpha value is -2.18. The molecule has 0 saturated carbocycles. The van der Waals surface area contributed by atoms with Crippen LogP contribution in [-0.2, 0) is 17.9 Å². The highest BCUT2D eigenvalue weighted by Gasteiger charge is 2.33. The maximum Gasteiger partial charge on any atom is 0.329 e. The van der Waals surface area contributed by atoms with Crippen molar-refractivity contribution in [3.8, 4) is 5.75 Å². The molecule has 4 rings (SSSR count). The summed E-state index contributed by atoms with van der Waals surface area (Å²) in [6.45, 7) is 0.388. The zero-order valence-electron chi connectivity index (χ0n) is 16.9. The number of nitrogens with zero attached hydrogens (tertiary/aromatic N) is 1. The van der Waals surface area contributed by atoms with Gasteiger partial charge in [0.25, 0.3) is 5.91 Å². The summed E-state index contributed by atoms with van der Waals surface area (Å²) in [6.07, 6.45) is 1.64. The van der Waals surface area contributed by atoms with Crippen LogP contribution in [0.15, 0.2) is 66.4 Å². The Kier molecular flexibility index (Phi) is 7.55. The molecule has 0 aliphatic carbocycles. The maximum absolute atomic E-state index is 13.4. The van der Waals surface area contributed by atoms with Crippen LogP contribution in [0.5, 0.6) is 5.75 Å². The van der Waals surface area contributed by atoms with Crippen LogP contribution in [0.3, 0.4) is 0 Å². The molecule has 1 saturated heterocycles. The normalized spacial score (nSPS) is 14.7. The van der Waals surface area contributed by atoms with Crippen molar-refractivity contribution in [2.45, 2.75) is 13.2 Å². The van der Waals surface area contributed by atoms with E-state index in [9.17, 15) is 14.0 Å². The van der Waals surface area contributed by atoms with Crippen molar-refractivity contribution >= 4 is 74.8 Å². The largest absolute Gasteiger partial charge is 0.487 e. The third kappa shape index (κ3) is 5.85. The van der Waals surface area contributed by atoms with E-state index in [1.807, 2.05) is 12.1 Å². The summed E-state index contributed by atoms with van der Waals surface area (Å²) in [5, 5.41) is 3.23. The Morgan fingerprint density at radius 1 is 1.00 bits per heavy atom. The van der Waals surface area contributed by atoms with Gasteiger partial charge in [-0.15, -0.1) is 0 Å². The average molecular weight is 689 g/mol. The fraction of sp³-hybridized carbons (Fsp3) is 0.0833. The van der Waals surface area contributed by atoms with E-state index in [4.69, 9.17) is 16.3 Å². The Bertz CT molecular complexity index is 1240. The predicted octanol–water partition coefficient (Wildman–Crippen LogP) is 6.36. The molecule has 3 aromatic rings. The van der Waals surface area contributed by atoms with Gasteiger partial charge in [0.05, 0.1) is 13.7 Å². The van der Waals surface area contributed by atoms with Crippen molar-refractivity contribution in [2.24, 2.45) is 0 Å². The fourth-order valence-corrected chi connectivity index (χ4v) is 5.49. The smallest absolute Gasteiger partial charge is 0.329 e. The molecule has 0 atom stereocenters. The second-order valence-electron chi connectivity index (χ2n) is 7.24. The molecular formula is C24H16ClFI2N2O3. The second kappa shape index (κ2) is 10.4. The van der Waals surface area contributed by atoms with Gasteiger partial charge in [-0.1, -0.05) is 35.9 Å².